The molecule has 5 rings (SSSR count). The average Bonchev–Trinajstić information content (AvgIpc) is 2.79. The molecule has 5 nitrogen and oxygen atoms in total. The molecule has 1 amide bonds. The summed E-state index contributed by atoms with van der Waals surface area (Å²) < 4.78 is 5.57. The van der Waals surface area contributed by atoms with Crippen molar-refractivity contribution in [1.82, 2.24) is 4.98 Å². The number of rotatable bonds is 4. The summed E-state index contributed by atoms with van der Waals surface area (Å²) in [6.45, 7) is 2.57. The Morgan fingerprint density at radius 2 is 1.70 bits per heavy atom. The van der Waals surface area contributed by atoms with Crippen LogP contribution in [-0.2, 0) is 0 Å². The minimum absolute atomic E-state index is 0.0768. The van der Waals surface area contributed by atoms with Crippen molar-refractivity contribution in [3.63, 3.8) is 0 Å². The van der Waals surface area contributed by atoms with Crippen LogP contribution in [0.3, 0.4) is 0 Å². The zero-order valence-electron chi connectivity index (χ0n) is 16.6. The van der Waals surface area contributed by atoms with E-state index in [4.69, 9.17) is 9.72 Å². The molecule has 0 aliphatic carbocycles. The van der Waals surface area contributed by atoms with Crippen molar-refractivity contribution in [3.05, 3.63) is 96.1 Å². The highest BCUT2D eigenvalue weighted by molar-refractivity contribution is 6.13. The van der Waals surface area contributed by atoms with Gasteiger partial charge in [-0.05, 0) is 48.9 Å². The van der Waals surface area contributed by atoms with E-state index >= 15 is 0 Å². The van der Waals surface area contributed by atoms with E-state index in [9.17, 15) is 4.79 Å². The highest BCUT2D eigenvalue weighted by Gasteiger charge is 2.35. The van der Waals surface area contributed by atoms with Crippen LogP contribution in [0.4, 0.5) is 11.5 Å². The van der Waals surface area contributed by atoms with E-state index in [-0.39, 0.29) is 12.1 Å². The molecule has 0 unspecified atom stereocenters. The molecule has 5 heteroatoms. The molecular weight excluding hydrogens is 374 g/mol. The van der Waals surface area contributed by atoms with Crippen LogP contribution < -0.4 is 15.0 Å². The second-order valence-corrected chi connectivity index (χ2v) is 7.14. The van der Waals surface area contributed by atoms with Gasteiger partial charge in [-0.2, -0.15) is 0 Å². The number of anilines is 2. The van der Waals surface area contributed by atoms with Crippen LogP contribution in [0.25, 0.3) is 10.9 Å². The Bertz CT molecular complexity index is 1210. The van der Waals surface area contributed by atoms with Crippen molar-refractivity contribution >= 4 is 28.3 Å². The Labute approximate surface area is 174 Å². The van der Waals surface area contributed by atoms with E-state index in [1.807, 2.05) is 91.9 Å². The number of carbonyl (C=O) groups excluding carboxylic acids is 1. The molecule has 1 aliphatic heterocycles. The number of amides is 1. The van der Waals surface area contributed by atoms with Crippen molar-refractivity contribution in [3.8, 4) is 5.75 Å². The fourth-order valence-corrected chi connectivity index (χ4v) is 3.83. The van der Waals surface area contributed by atoms with Crippen LogP contribution in [0.2, 0.25) is 0 Å². The number of hydrogen-bond donors (Lipinski definition) is 1. The first-order valence-electron chi connectivity index (χ1n) is 10.0. The third-order valence-electron chi connectivity index (χ3n) is 5.25. The number of nitrogens with one attached hydrogen (secondary N) is 1. The number of benzene rings is 3. The molecule has 1 aromatic heterocycles. The van der Waals surface area contributed by atoms with Gasteiger partial charge in [0.15, 0.2) is 0 Å². The van der Waals surface area contributed by atoms with E-state index in [1.54, 1.807) is 4.90 Å². The maximum Gasteiger partial charge on any atom is 0.264 e. The number of nitrogens with zero attached hydrogens (tertiary/aromatic N) is 2. The quantitative estimate of drug-likeness (QED) is 0.502. The number of para-hydroxylation sites is 2. The van der Waals surface area contributed by atoms with Crippen LogP contribution in [0.15, 0.2) is 84.9 Å². The van der Waals surface area contributed by atoms with Gasteiger partial charge >= 0.3 is 0 Å². The summed E-state index contributed by atoms with van der Waals surface area (Å²) in [5.41, 5.74) is 3.21. The first kappa shape index (κ1) is 18.2. The second kappa shape index (κ2) is 7.52. The lowest BCUT2D eigenvalue weighted by atomic mass is 10.0. The Morgan fingerprint density at radius 1 is 0.967 bits per heavy atom. The zero-order chi connectivity index (χ0) is 20.5. The molecule has 1 aliphatic rings. The predicted molar refractivity (Wildman–Crippen MR) is 119 cm³/mol. The van der Waals surface area contributed by atoms with E-state index in [0.29, 0.717) is 18.0 Å². The fourth-order valence-electron chi connectivity index (χ4n) is 3.83. The molecule has 0 spiro atoms. The molecule has 1 atom stereocenters. The third kappa shape index (κ3) is 3.14. The van der Waals surface area contributed by atoms with E-state index < -0.39 is 0 Å². The van der Waals surface area contributed by atoms with Crippen LogP contribution in [0.1, 0.15) is 29.0 Å². The molecule has 0 saturated heterocycles. The second-order valence-electron chi connectivity index (χ2n) is 7.14. The van der Waals surface area contributed by atoms with Gasteiger partial charge < -0.3 is 10.1 Å². The van der Waals surface area contributed by atoms with Gasteiger partial charge in [0, 0.05) is 11.1 Å². The van der Waals surface area contributed by atoms with Crippen LogP contribution in [-0.4, -0.2) is 17.5 Å². The number of fused-ring (bicyclic) bond motifs is 2. The third-order valence-corrected chi connectivity index (χ3v) is 5.25. The molecule has 4 aromatic rings. The summed E-state index contributed by atoms with van der Waals surface area (Å²) in [7, 11) is 0. The standard InChI is InChI=1S/C25H21N3O2/c1-2-30-20-14-12-17(13-15-20)24-27-23-21(16-18-8-6-7-11-22(18)26-23)25(29)28(24)19-9-4-3-5-10-19/h3-16,24H,2H2,1H3,(H,26,27)/t24-/m0/s1. The van der Waals surface area contributed by atoms with Crippen molar-refractivity contribution in [2.75, 3.05) is 16.8 Å². The molecule has 0 saturated carbocycles. The van der Waals surface area contributed by atoms with Crippen LogP contribution >= 0.6 is 0 Å². The highest BCUT2D eigenvalue weighted by atomic mass is 16.5. The monoisotopic (exact) mass is 395 g/mol. The van der Waals surface area contributed by atoms with Gasteiger partial charge in [0.2, 0.25) is 0 Å². The van der Waals surface area contributed by atoms with Gasteiger partial charge in [-0.1, -0.05) is 48.5 Å². The van der Waals surface area contributed by atoms with Gasteiger partial charge in [-0.25, -0.2) is 4.98 Å². The van der Waals surface area contributed by atoms with Gasteiger partial charge in [0.1, 0.15) is 17.7 Å². The largest absolute Gasteiger partial charge is 0.494 e. The maximum absolute atomic E-state index is 13.6. The highest BCUT2D eigenvalue weighted by Crippen LogP contribution is 2.37. The van der Waals surface area contributed by atoms with Crippen molar-refractivity contribution in [2.45, 2.75) is 13.1 Å². The van der Waals surface area contributed by atoms with E-state index in [1.165, 1.54) is 0 Å². The molecule has 30 heavy (non-hydrogen) atoms. The molecule has 3 aromatic carbocycles. The SMILES string of the molecule is CCOc1ccc([C@H]2Nc3nc4ccccc4cc3C(=O)N2c2ccccc2)cc1. The summed E-state index contributed by atoms with van der Waals surface area (Å²) in [5, 5.41) is 4.43. The molecule has 148 valence electrons. The number of carbonyl (C=O) groups is 1. The maximum atomic E-state index is 13.6. The van der Waals surface area contributed by atoms with E-state index in [2.05, 4.69) is 5.32 Å². The van der Waals surface area contributed by atoms with E-state index in [0.717, 1.165) is 27.9 Å². The number of aromatic nitrogens is 1. The fraction of sp³-hybridized carbons (Fsp3) is 0.120. The zero-order valence-corrected chi connectivity index (χ0v) is 16.6. The molecule has 0 bridgehead atoms. The first-order valence-corrected chi connectivity index (χ1v) is 10.0. The van der Waals surface area contributed by atoms with Crippen molar-refractivity contribution in [2.24, 2.45) is 0 Å². The topological polar surface area (TPSA) is 54.5 Å². The summed E-state index contributed by atoms with van der Waals surface area (Å²) in [6.07, 6.45) is -0.378. The molecule has 1 N–H and O–H groups in total. The van der Waals surface area contributed by atoms with Gasteiger partial charge in [-0.3, -0.25) is 9.69 Å². The Hall–Kier alpha value is -3.86. The number of pyridine rings is 1. The van der Waals surface area contributed by atoms with Crippen molar-refractivity contribution < 1.29 is 9.53 Å². The summed E-state index contributed by atoms with van der Waals surface area (Å²) >= 11 is 0. The van der Waals surface area contributed by atoms with Crippen molar-refractivity contribution in [1.29, 1.82) is 0 Å². The minimum Gasteiger partial charge on any atom is -0.494 e. The molecular formula is C25H21N3O2. The van der Waals surface area contributed by atoms with Gasteiger partial charge in [0.05, 0.1) is 17.7 Å². The lowest BCUT2D eigenvalue weighted by Crippen LogP contribution is -2.43. The molecule has 2 heterocycles. The number of hydrogen-bond acceptors (Lipinski definition) is 4. The molecule has 0 fully saturated rings. The summed E-state index contributed by atoms with van der Waals surface area (Å²) in [4.78, 5) is 20.2. The lowest BCUT2D eigenvalue weighted by Gasteiger charge is -2.37. The van der Waals surface area contributed by atoms with Crippen LogP contribution in [0, 0.1) is 0 Å². The normalized spacial score (nSPS) is 15.6. The summed E-state index contributed by atoms with van der Waals surface area (Å²) in [5.74, 6) is 1.33. The number of ether oxygens (including phenoxy) is 1. The summed E-state index contributed by atoms with van der Waals surface area (Å²) in [6, 6.07) is 27.3. The molecule has 0 radical (unpaired) electrons. The van der Waals surface area contributed by atoms with Gasteiger partial charge in [-0.15, -0.1) is 0 Å². The predicted octanol–water partition coefficient (Wildman–Crippen LogP) is 5.40. The Balaban J connectivity index is 1.64. The lowest BCUT2D eigenvalue weighted by molar-refractivity contribution is 0.0974. The first-order chi connectivity index (χ1) is 14.7. The smallest absolute Gasteiger partial charge is 0.264 e. The average molecular weight is 395 g/mol. The Kier molecular flexibility index (Phi) is 4.56. The minimum atomic E-state index is -0.378. The Morgan fingerprint density at radius 3 is 2.47 bits per heavy atom. The van der Waals surface area contributed by atoms with Gasteiger partial charge in [0.25, 0.3) is 5.91 Å². The van der Waals surface area contributed by atoms with Crippen LogP contribution in [0.5, 0.6) is 5.75 Å².